The lowest BCUT2D eigenvalue weighted by Crippen LogP contribution is -1.96. The molecule has 22 heavy (non-hydrogen) atoms. The lowest BCUT2D eigenvalue weighted by molar-refractivity contribution is 0.104. The quantitative estimate of drug-likeness (QED) is 0.220. The molecule has 7 nitrogen and oxygen atoms in total. The van der Waals surface area contributed by atoms with Crippen molar-refractivity contribution in [3.05, 3.63) is 41.5 Å². The maximum absolute atomic E-state index is 12.0. The van der Waals surface area contributed by atoms with E-state index in [-0.39, 0.29) is 5.56 Å². The Morgan fingerprint density at radius 3 is 1.95 bits per heavy atom. The highest BCUT2D eigenvalue weighted by atomic mass is 16.3. The van der Waals surface area contributed by atoms with E-state index in [1.165, 1.54) is 6.07 Å². The van der Waals surface area contributed by atoms with Crippen LogP contribution in [0, 0.1) is 0 Å². The number of rotatable bonds is 3. The van der Waals surface area contributed by atoms with Gasteiger partial charge in [0.05, 0.1) is 0 Å². The summed E-state index contributed by atoms with van der Waals surface area (Å²) in [5.74, 6) is -4.59. The van der Waals surface area contributed by atoms with E-state index in [0.717, 1.165) is 30.4 Å². The van der Waals surface area contributed by atoms with Crippen molar-refractivity contribution in [1.82, 2.24) is 0 Å². The number of carbonyl (C=O) groups excluding carboxylic acids is 1. The third-order valence-corrected chi connectivity index (χ3v) is 2.96. The highest BCUT2D eigenvalue weighted by Gasteiger charge is 2.17. The maximum Gasteiger partial charge on any atom is 0.200 e. The Morgan fingerprint density at radius 2 is 1.27 bits per heavy atom. The second kappa shape index (κ2) is 5.57. The van der Waals surface area contributed by atoms with Crippen LogP contribution < -0.4 is 0 Å². The number of allylic oxidation sites excluding steroid dienone is 1. The molecule has 0 spiro atoms. The van der Waals surface area contributed by atoms with Gasteiger partial charge in [0.25, 0.3) is 0 Å². The molecule has 2 aromatic rings. The van der Waals surface area contributed by atoms with E-state index in [4.69, 9.17) is 0 Å². The number of phenols is 6. The molecule has 2 rings (SSSR count). The van der Waals surface area contributed by atoms with Crippen LogP contribution in [-0.2, 0) is 0 Å². The number of benzene rings is 2. The molecule has 0 bridgehead atoms. The minimum absolute atomic E-state index is 0.0304. The first-order valence-electron chi connectivity index (χ1n) is 6.03. The van der Waals surface area contributed by atoms with Gasteiger partial charge in [0, 0.05) is 5.56 Å². The van der Waals surface area contributed by atoms with Crippen LogP contribution in [0.2, 0.25) is 0 Å². The zero-order chi connectivity index (χ0) is 16.4. The first-order chi connectivity index (χ1) is 10.3. The highest BCUT2D eigenvalue weighted by Crippen LogP contribution is 2.38. The molecular formula is C15H12O7. The molecule has 0 aliphatic heterocycles. The average Bonchev–Trinajstić information content (AvgIpc) is 2.48. The van der Waals surface area contributed by atoms with Crippen LogP contribution in [0.4, 0.5) is 0 Å². The van der Waals surface area contributed by atoms with Gasteiger partial charge in [0.15, 0.2) is 28.8 Å². The van der Waals surface area contributed by atoms with E-state index in [1.54, 1.807) is 0 Å². The van der Waals surface area contributed by atoms with Crippen LogP contribution in [-0.4, -0.2) is 36.4 Å². The van der Waals surface area contributed by atoms with Crippen molar-refractivity contribution >= 4 is 11.9 Å². The Morgan fingerprint density at radius 1 is 0.727 bits per heavy atom. The summed E-state index contributed by atoms with van der Waals surface area (Å²) in [4.78, 5) is 12.0. The Balaban J connectivity index is 2.38. The second-order valence-electron chi connectivity index (χ2n) is 4.40. The lowest BCUT2D eigenvalue weighted by Gasteiger charge is -2.06. The zero-order valence-corrected chi connectivity index (χ0v) is 11.1. The Bertz CT molecular complexity index is 778. The molecule has 0 atom stereocenters. The molecule has 114 valence electrons. The van der Waals surface area contributed by atoms with Crippen molar-refractivity contribution in [2.75, 3.05) is 0 Å². The summed E-state index contributed by atoms with van der Waals surface area (Å²) in [5, 5.41) is 56.6. The third kappa shape index (κ3) is 2.59. The van der Waals surface area contributed by atoms with E-state index in [9.17, 15) is 35.4 Å². The molecule has 0 radical (unpaired) electrons. The Hall–Kier alpha value is -3.35. The molecular weight excluding hydrogens is 292 g/mol. The second-order valence-corrected chi connectivity index (χ2v) is 4.40. The van der Waals surface area contributed by atoms with Crippen LogP contribution in [0.1, 0.15) is 15.9 Å². The molecule has 0 aliphatic rings. The SMILES string of the molecule is O=C(C=Cc1ccc(O)c(O)c1O)c1c(O)ccc(O)c1O. The van der Waals surface area contributed by atoms with Crippen molar-refractivity contribution in [3.8, 4) is 34.5 Å². The van der Waals surface area contributed by atoms with Crippen LogP contribution in [0.5, 0.6) is 34.5 Å². The van der Waals surface area contributed by atoms with Gasteiger partial charge in [-0.3, -0.25) is 4.79 Å². The average molecular weight is 304 g/mol. The Kier molecular flexibility index (Phi) is 3.81. The summed E-state index contributed by atoms with van der Waals surface area (Å²) in [6.45, 7) is 0. The van der Waals surface area contributed by atoms with Crippen LogP contribution in [0.15, 0.2) is 30.3 Å². The van der Waals surface area contributed by atoms with Crippen molar-refractivity contribution in [3.63, 3.8) is 0 Å². The number of hydrogen-bond donors (Lipinski definition) is 6. The first-order valence-corrected chi connectivity index (χ1v) is 6.03. The molecule has 0 saturated carbocycles. The topological polar surface area (TPSA) is 138 Å². The molecule has 2 aromatic carbocycles. The van der Waals surface area contributed by atoms with Gasteiger partial charge in [-0.05, 0) is 36.4 Å². The van der Waals surface area contributed by atoms with Crippen molar-refractivity contribution in [2.45, 2.75) is 0 Å². The molecule has 0 saturated heterocycles. The first kappa shape index (κ1) is 15.0. The number of ketones is 1. The smallest absolute Gasteiger partial charge is 0.200 e. The predicted molar refractivity (Wildman–Crippen MR) is 76.2 cm³/mol. The van der Waals surface area contributed by atoms with Crippen LogP contribution in [0.3, 0.4) is 0 Å². The van der Waals surface area contributed by atoms with Gasteiger partial charge in [-0.2, -0.15) is 0 Å². The monoisotopic (exact) mass is 304 g/mol. The number of aromatic hydroxyl groups is 6. The standard InChI is InChI=1S/C15H12O7/c16-8(12-9(17)5-6-10(18)14(12)21)3-1-7-2-4-11(19)15(22)13(7)20/h1-6,17-22H. The Labute approximate surface area is 124 Å². The number of phenolic OH excluding ortho intramolecular Hbond substituents is 6. The van der Waals surface area contributed by atoms with Gasteiger partial charge in [-0.25, -0.2) is 0 Å². The van der Waals surface area contributed by atoms with Gasteiger partial charge in [-0.15, -0.1) is 0 Å². The van der Waals surface area contributed by atoms with Crippen LogP contribution in [0.25, 0.3) is 6.08 Å². The van der Waals surface area contributed by atoms with E-state index >= 15 is 0 Å². The summed E-state index contributed by atoms with van der Waals surface area (Å²) in [6, 6.07) is 4.42. The third-order valence-electron chi connectivity index (χ3n) is 2.96. The van der Waals surface area contributed by atoms with Gasteiger partial charge in [-0.1, -0.05) is 0 Å². The summed E-state index contributed by atoms with van der Waals surface area (Å²) >= 11 is 0. The normalized spacial score (nSPS) is 10.9. The zero-order valence-electron chi connectivity index (χ0n) is 11.1. The van der Waals surface area contributed by atoms with E-state index < -0.39 is 45.8 Å². The van der Waals surface area contributed by atoms with E-state index in [0.29, 0.717) is 0 Å². The summed E-state index contributed by atoms with van der Waals surface area (Å²) in [5.41, 5.74) is -0.471. The fraction of sp³-hybridized carbons (Fsp3) is 0. The predicted octanol–water partition coefficient (Wildman–Crippen LogP) is 1.82. The van der Waals surface area contributed by atoms with E-state index in [1.807, 2.05) is 0 Å². The summed E-state index contributed by atoms with van der Waals surface area (Å²) in [6.07, 6.45) is 2.03. The molecule has 7 heteroatoms. The minimum Gasteiger partial charge on any atom is -0.507 e. The fourth-order valence-electron chi connectivity index (χ4n) is 1.78. The highest BCUT2D eigenvalue weighted by molar-refractivity contribution is 6.11. The number of hydrogen-bond acceptors (Lipinski definition) is 7. The summed E-state index contributed by atoms with van der Waals surface area (Å²) in [7, 11) is 0. The van der Waals surface area contributed by atoms with Gasteiger partial charge < -0.3 is 30.6 Å². The van der Waals surface area contributed by atoms with E-state index in [2.05, 4.69) is 0 Å². The molecule has 0 aliphatic carbocycles. The van der Waals surface area contributed by atoms with Gasteiger partial charge in [0.2, 0.25) is 5.75 Å². The molecule has 0 fully saturated rings. The van der Waals surface area contributed by atoms with Crippen molar-refractivity contribution < 1.29 is 35.4 Å². The molecule has 0 heterocycles. The molecule has 0 amide bonds. The molecule has 0 unspecified atom stereocenters. The largest absolute Gasteiger partial charge is 0.507 e. The maximum atomic E-state index is 12.0. The van der Waals surface area contributed by atoms with Crippen molar-refractivity contribution in [1.29, 1.82) is 0 Å². The number of carbonyl (C=O) groups is 1. The summed E-state index contributed by atoms with van der Waals surface area (Å²) < 4.78 is 0. The molecule has 0 aromatic heterocycles. The lowest BCUT2D eigenvalue weighted by atomic mass is 10.1. The molecule has 6 N–H and O–H groups in total. The minimum atomic E-state index is -0.835. The van der Waals surface area contributed by atoms with Gasteiger partial charge >= 0.3 is 0 Å². The van der Waals surface area contributed by atoms with Crippen LogP contribution >= 0.6 is 0 Å². The fourth-order valence-corrected chi connectivity index (χ4v) is 1.78. The van der Waals surface area contributed by atoms with Crippen molar-refractivity contribution in [2.24, 2.45) is 0 Å². The van der Waals surface area contributed by atoms with Gasteiger partial charge in [0.1, 0.15) is 11.3 Å².